The molecule has 0 radical (unpaired) electrons. The lowest BCUT2D eigenvalue weighted by molar-refractivity contribution is -0.190. The summed E-state index contributed by atoms with van der Waals surface area (Å²) < 4.78 is 12.9. The van der Waals surface area contributed by atoms with E-state index in [1.165, 1.54) is 12.1 Å². The van der Waals surface area contributed by atoms with Crippen LogP contribution in [-0.4, -0.2) is 43.8 Å². The summed E-state index contributed by atoms with van der Waals surface area (Å²) in [4.78, 5) is 16.7. The molecule has 0 spiro atoms. The fraction of sp³-hybridized carbons (Fsp3) is 0.417. The number of carbonyl (C=O) groups is 1. The number of halogens is 1. The molecule has 5 nitrogen and oxygen atoms in total. The maximum atomic E-state index is 12.9. The van der Waals surface area contributed by atoms with Gasteiger partial charge in [0.15, 0.2) is 0 Å². The molecule has 6 heteroatoms. The van der Waals surface area contributed by atoms with Crippen LogP contribution in [-0.2, 0) is 9.63 Å². The van der Waals surface area contributed by atoms with E-state index >= 15 is 0 Å². The van der Waals surface area contributed by atoms with Gasteiger partial charge in [0, 0.05) is 31.9 Å². The molecule has 1 heterocycles. The third-order valence-corrected chi connectivity index (χ3v) is 2.57. The fourth-order valence-electron chi connectivity index (χ4n) is 1.68. The van der Waals surface area contributed by atoms with Gasteiger partial charge in [-0.25, -0.2) is 9.18 Å². The number of nitrogens with one attached hydrogen (secondary N) is 2. The van der Waals surface area contributed by atoms with Crippen molar-refractivity contribution in [3.63, 3.8) is 0 Å². The lowest BCUT2D eigenvalue weighted by Gasteiger charge is -2.25. The smallest absolute Gasteiger partial charge is 0.344 e. The van der Waals surface area contributed by atoms with E-state index < -0.39 is 0 Å². The van der Waals surface area contributed by atoms with Gasteiger partial charge in [-0.2, -0.15) is 0 Å². The van der Waals surface area contributed by atoms with Crippen LogP contribution in [0.25, 0.3) is 0 Å². The van der Waals surface area contributed by atoms with E-state index in [1.54, 1.807) is 17.2 Å². The number of anilines is 1. The Balaban J connectivity index is 1.74. The van der Waals surface area contributed by atoms with Gasteiger partial charge in [-0.1, -0.05) is 6.07 Å². The first-order chi connectivity index (χ1) is 8.74. The predicted octanol–water partition coefficient (Wildman–Crippen LogP) is 0.601. The van der Waals surface area contributed by atoms with Crippen molar-refractivity contribution in [2.75, 3.05) is 38.0 Å². The van der Waals surface area contributed by atoms with E-state index in [9.17, 15) is 9.18 Å². The monoisotopic (exact) mass is 253 g/mol. The lowest BCUT2D eigenvalue weighted by Crippen LogP contribution is -2.44. The summed E-state index contributed by atoms with van der Waals surface area (Å²) in [6, 6.07) is 5.96. The quantitative estimate of drug-likeness (QED) is 0.823. The molecule has 0 aromatic heterocycles. The van der Waals surface area contributed by atoms with Crippen LogP contribution in [0.15, 0.2) is 24.3 Å². The van der Waals surface area contributed by atoms with Crippen LogP contribution in [0, 0.1) is 5.82 Å². The molecule has 0 aliphatic carbocycles. The van der Waals surface area contributed by atoms with Gasteiger partial charge in [-0.3, -0.25) is 0 Å². The molecule has 98 valence electrons. The lowest BCUT2D eigenvalue weighted by atomic mass is 10.3. The molecule has 0 saturated carbocycles. The van der Waals surface area contributed by atoms with E-state index in [0.29, 0.717) is 18.8 Å². The Kier molecular flexibility index (Phi) is 4.49. The number of nitrogens with zero attached hydrogens (tertiary/aromatic N) is 1. The second-order valence-corrected chi connectivity index (χ2v) is 4.01. The Morgan fingerprint density at radius 2 is 2.22 bits per heavy atom. The van der Waals surface area contributed by atoms with Gasteiger partial charge < -0.3 is 15.5 Å². The summed E-state index contributed by atoms with van der Waals surface area (Å²) >= 11 is 0. The van der Waals surface area contributed by atoms with Gasteiger partial charge in [-0.05, 0) is 18.2 Å². The summed E-state index contributed by atoms with van der Waals surface area (Å²) in [5, 5.41) is 7.61. The van der Waals surface area contributed by atoms with E-state index in [1.807, 2.05) is 0 Å². The third kappa shape index (κ3) is 3.97. The Morgan fingerprint density at radius 1 is 1.44 bits per heavy atom. The minimum Gasteiger partial charge on any atom is -0.375 e. The molecule has 1 fully saturated rings. The van der Waals surface area contributed by atoms with Crippen molar-refractivity contribution in [2.45, 2.75) is 0 Å². The maximum absolute atomic E-state index is 12.9. The number of benzene rings is 1. The average Bonchev–Trinajstić information content (AvgIpc) is 2.38. The topological polar surface area (TPSA) is 53.6 Å². The minimum absolute atomic E-state index is 0.0212. The van der Waals surface area contributed by atoms with E-state index in [0.717, 1.165) is 13.1 Å². The molecule has 0 atom stereocenters. The third-order valence-electron chi connectivity index (χ3n) is 2.57. The van der Waals surface area contributed by atoms with Crippen molar-refractivity contribution in [3.05, 3.63) is 30.1 Å². The summed E-state index contributed by atoms with van der Waals surface area (Å²) in [6.07, 6.45) is 0. The van der Waals surface area contributed by atoms with Crippen LogP contribution < -0.4 is 10.6 Å². The average molecular weight is 253 g/mol. The first kappa shape index (κ1) is 12.8. The van der Waals surface area contributed by atoms with Crippen molar-refractivity contribution in [1.29, 1.82) is 0 Å². The molecule has 0 bridgehead atoms. The maximum Gasteiger partial charge on any atom is 0.344 e. The zero-order chi connectivity index (χ0) is 12.8. The van der Waals surface area contributed by atoms with E-state index in [4.69, 9.17) is 4.84 Å². The molecule has 1 saturated heterocycles. The highest BCUT2D eigenvalue weighted by atomic mass is 19.1. The zero-order valence-electron chi connectivity index (χ0n) is 9.99. The molecular formula is C12H16FN3O2. The highest BCUT2D eigenvalue weighted by Crippen LogP contribution is 2.08. The van der Waals surface area contributed by atoms with Crippen molar-refractivity contribution >= 4 is 11.7 Å². The SMILES string of the molecule is O=C(CNc1cccc(F)c1)ON1CCNCC1. The Labute approximate surface area is 105 Å². The van der Waals surface area contributed by atoms with Crippen molar-refractivity contribution in [2.24, 2.45) is 0 Å². The molecule has 0 unspecified atom stereocenters. The zero-order valence-corrected chi connectivity index (χ0v) is 9.99. The van der Waals surface area contributed by atoms with Gasteiger partial charge in [-0.15, -0.1) is 5.06 Å². The Bertz CT molecular complexity index is 408. The molecule has 2 rings (SSSR count). The largest absolute Gasteiger partial charge is 0.375 e. The second kappa shape index (κ2) is 6.32. The van der Waals surface area contributed by atoms with Crippen LogP contribution >= 0.6 is 0 Å². The number of hydroxylamine groups is 2. The molecule has 0 amide bonds. The van der Waals surface area contributed by atoms with Gasteiger partial charge in [0.25, 0.3) is 0 Å². The summed E-state index contributed by atoms with van der Waals surface area (Å²) in [6.45, 7) is 3.01. The van der Waals surface area contributed by atoms with Crippen molar-refractivity contribution in [3.8, 4) is 0 Å². The second-order valence-electron chi connectivity index (χ2n) is 4.01. The normalized spacial score (nSPS) is 16.3. The van der Waals surface area contributed by atoms with Crippen molar-refractivity contribution < 1.29 is 14.0 Å². The summed E-state index contributed by atoms with van der Waals surface area (Å²) in [5.41, 5.74) is 0.562. The highest BCUT2D eigenvalue weighted by Gasteiger charge is 2.14. The van der Waals surface area contributed by atoms with Gasteiger partial charge in [0.1, 0.15) is 12.4 Å². The highest BCUT2D eigenvalue weighted by molar-refractivity contribution is 5.74. The van der Waals surface area contributed by atoms with Crippen LogP contribution in [0.4, 0.5) is 10.1 Å². The molecule has 1 aliphatic rings. The molecule has 2 N–H and O–H groups in total. The number of rotatable bonds is 4. The number of hydrogen-bond donors (Lipinski definition) is 2. The van der Waals surface area contributed by atoms with Gasteiger partial charge >= 0.3 is 5.97 Å². The molecule has 1 aromatic carbocycles. The molecule has 1 aliphatic heterocycles. The standard InChI is InChI=1S/C12H16FN3O2/c13-10-2-1-3-11(8-10)15-9-12(17)18-16-6-4-14-5-7-16/h1-3,8,14-15H,4-7,9H2. The van der Waals surface area contributed by atoms with Gasteiger partial charge in [0.2, 0.25) is 0 Å². The van der Waals surface area contributed by atoms with Crippen molar-refractivity contribution in [1.82, 2.24) is 10.4 Å². The van der Waals surface area contributed by atoms with E-state index in [2.05, 4.69) is 10.6 Å². The number of piperazine rings is 1. The van der Waals surface area contributed by atoms with Crippen LogP contribution in [0.3, 0.4) is 0 Å². The number of carbonyl (C=O) groups excluding carboxylic acids is 1. The number of hydrogen-bond acceptors (Lipinski definition) is 5. The molecule has 18 heavy (non-hydrogen) atoms. The summed E-state index contributed by atoms with van der Waals surface area (Å²) in [5.74, 6) is -0.711. The summed E-state index contributed by atoms with van der Waals surface area (Å²) in [7, 11) is 0. The van der Waals surface area contributed by atoms with E-state index in [-0.39, 0.29) is 18.3 Å². The van der Waals surface area contributed by atoms with Crippen LogP contribution in [0.2, 0.25) is 0 Å². The Morgan fingerprint density at radius 3 is 2.94 bits per heavy atom. The first-order valence-electron chi connectivity index (χ1n) is 5.90. The minimum atomic E-state index is -0.374. The predicted molar refractivity (Wildman–Crippen MR) is 65.4 cm³/mol. The molecule has 1 aromatic rings. The van der Waals surface area contributed by atoms with Crippen LogP contribution in [0.1, 0.15) is 0 Å². The fourth-order valence-corrected chi connectivity index (χ4v) is 1.68. The van der Waals surface area contributed by atoms with Gasteiger partial charge in [0.05, 0.1) is 0 Å². The van der Waals surface area contributed by atoms with Crippen LogP contribution in [0.5, 0.6) is 0 Å². The first-order valence-corrected chi connectivity index (χ1v) is 5.90. The molecular weight excluding hydrogens is 237 g/mol. The Hall–Kier alpha value is -1.66.